The van der Waals surface area contributed by atoms with Crippen LogP contribution in [0.3, 0.4) is 0 Å². The molecule has 1 aromatic rings. The molecular formula is C17H26O3. The summed E-state index contributed by atoms with van der Waals surface area (Å²) in [4.78, 5) is 10.3. The predicted molar refractivity (Wildman–Crippen MR) is 81.3 cm³/mol. The van der Waals surface area contributed by atoms with Crippen molar-refractivity contribution in [2.45, 2.75) is 58.3 Å². The molecule has 0 aliphatic heterocycles. The molecule has 0 amide bonds. The second-order valence-corrected chi connectivity index (χ2v) is 5.15. The second-order valence-electron chi connectivity index (χ2n) is 5.15. The molecule has 0 heterocycles. The molecule has 112 valence electrons. The van der Waals surface area contributed by atoms with Gasteiger partial charge in [0.2, 0.25) is 0 Å². The van der Waals surface area contributed by atoms with Gasteiger partial charge in [-0.15, -0.1) is 0 Å². The van der Waals surface area contributed by atoms with Gasteiger partial charge in [-0.25, -0.2) is 0 Å². The molecule has 0 radical (unpaired) electrons. The van der Waals surface area contributed by atoms with Crippen molar-refractivity contribution in [2.24, 2.45) is 0 Å². The van der Waals surface area contributed by atoms with Gasteiger partial charge in [-0.2, -0.15) is 0 Å². The van der Waals surface area contributed by atoms with Crippen LogP contribution >= 0.6 is 0 Å². The summed E-state index contributed by atoms with van der Waals surface area (Å²) in [5.41, 5.74) is 1.37. The van der Waals surface area contributed by atoms with Crippen molar-refractivity contribution in [1.29, 1.82) is 0 Å². The molecule has 1 aromatic carbocycles. The fraction of sp³-hybridized carbons (Fsp3) is 0.588. The Morgan fingerprint density at radius 2 is 1.80 bits per heavy atom. The highest BCUT2D eigenvalue weighted by atomic mass is 16.5. The zero-order chi connectivity index (χ0) is 14.6. The van der Waals surface area contributed by atoms with Crippen LogP contribution in [0.1, 0.15) is 57.4 Å². The van der Waals surface area contributed by atoms with E-state index in [1.807, 2.05) is 12.1 Å². The minimum Gasteiger partial charge on any atom is -0.494 e. The third-order valence-electron chi connectivity index (χ3n) is 3.30. The number of hydrogen-bond donors (Lipinski definition) is 1. The number of hydrogen-bond acceptors (Lipinski definition) is 2. The fourth-order valence-electron chi connectivity index (χ4n) is 2.08. The van der Waals surface area contributed by atoms with Crippen LogP contribution in [-0.4, -0.2) is 17.7 Å². The van der Waals surface area contributed by atoms with Crippen LogP contribution in [0.25, 0.3) is 0 Å². The largest absolute Gasteiger partial charge is 0.494 e. The number of benzene rings is 1. The molecule has 3 heteroatoms. The third kappa shape index (κ3) is 7.82. The monoisotopic (exact) mass is 278 g/mol. The maximum absolute atomic E-state index is 10.3. The highest BCUT2D eigenvalue weighted by Crippen LogP contribution is 2.15. The Balaban J connectivity index is 2.13. The summed E-state index contributed by atoms with van der Waals surface area (Å²) in [6.45, 7) is 2.88. The van der Waals surface area contributed by atoms with E-state index < -0.39 is 5.97 Å². The van der Waals surface area contributed by atoms with Gasteiger partial charge in [0.25, 0.3) is 0 Å². The van der Waals surface area contributed by atoms with E-state index in [-0.39, 0.29) is 6.42 Å². The Morgan fingerprint density at radius 3 is 2.45 bits per heavy atom. The number of rotatable bonds is 11. The summed E-state index contributed by atoms with van der Waals surface area (Å²) in [6, 6.07) is 8.32. The number of aryl methyl sites for hydroxylation is 1. The minimum atomic E-state index is -0.718. The van der Waals surface area contributed by atoms with Crippen LogP contribution in [-0.2, 0) is 11.2 Å². The van der Waals surface area contributed by atoms with Gasteiger partial charge in [-0.3, -0.25) is 4.79 Å². The average Bonchev–Trinajstić information content (AvgIpc) is 2.44. The molecule has 0 spiro atoms. The van der Waals surface area contributed by atoms with Crippen molar-refractivity contribution in [3.63, 3.8) is 0 Å². The third-order valence-corrected chi connectivity index (χ3v) is 3.30. The summed E-state index contributed by atoms with van der Waals surface area (Å²) in [7, 11) is 0. The maximum atomic E-state index is 10.3. The Morgan fingerprint density at radius 1 is 1.05 bits per heavy atom. The van der Waals surface area contributed by atoms with Gasteiger partial charge in [0, 0.05) is 6.42 Å². The molecule has 1 rings (SSSR count). The first-order valence-corrected chi connectivity index (χ1v) is 7.66. The predicted octanol–water partition coefficient (Wildman–Crippen LogP) is 4.44. The molecule has 0 unspecified atom stereocenters. The van der Waals surface area contributed by atoms with Crippen molar-refractivity contribution in [3.8, 4) is 5.75 Å². The first kappa shape index (κ1) is 16.5. The molecule has 0 fully saturated rings. The minimum absolute atomic E-state index is 0.256. The van der Waals surface area contributed by atoms with Crippen LogP contribution in [0.15, 0.2) is 24.3 Å². The number of carboxylic acid groups (broad SMARTS) is 1. The topological polar surface area (TPSA) is 46.5 Å². The number of ether oxygens (including phenoxy) is 1. The van der Waals surface area contributed by atoms with Crippen molar-refractivity contribution in [1.82, 2.24) is 0 Å². The fourth-order valence-corrected chi connectivity index (χ4v) is 2.08. The summed E-state index contributed by atoms with van der Waals surface area (Å²) >= 11 is 0. The Labute approximate surface area is 122 Å². The normalized spacial score (nSPS) is 10.4. The number of carbonyl (C=O) groups is 1. The van der Waals surface area contributed by atoms with Gasteiger partial charge in [-0.1, -0.05) is 31.9 Å². The maximum Gasteiger partial charge on any atom is 0.303 e. The lowest BCUT2D eigenvalue weighted by Gasteiger charge is -2.07. The molecule has 1 N–H and O–H groups in total. The number of aliphatic carboxylic acids is 1. The molecular weight excluding hydrogens is 252 g/mol. The van der Waals surface area contributed by atoms with Gasteiger partial charge in [0.1, 0.15) is 5.75 Å². The van der Waals surface area contributed by atoms with Crippen LogP contribution in [0, 0.1) is 0 Å². The van der Waals surface area contributed by atoms with Crippen molar-refractivity contribution in [3.05, 3.63) is 29.8 Å². The van der Waals surface area contributed by atoms with E-state index in [1.165, 1.54) is 24.8 Å². The zero-order valence-electron chi connectivity index (χ0n) is 12.4. The summed E-state index contributed by atoms with van der Waals surface area (Å²) in [6.07, 6.45) is 7.73. The van der Waals surface area contributed by atoms with Crippen molar-refractivity contribution >= 4 is 5.97 Å². The Bertz CT molecular complexity index is 370. The van der Waals surface area contributed by atoms with Gasteiger partial charge in [-0.05, 0) is 49.8 Å². The lowest BCUT2D eigenvalue weighted by molar-refractivity contribution is -0.137. The van der Waals surface area contributed by atoms with Crippen LogP contribution in [0.4, 0.5) is 0 Å². The summed E-state index contributed by atoms with van der Waals surface area (Å²) in [5, 5.41) is 8.52. The highest BCUT2D eigenvalue weighted by molar-refractivity contribution is 5.66. The first-order chi connectivity index (χ1) is 9.72. The molecule has 20 heavy (non-hydrogen) atoms. The van der Waals surface area contributed by atoms with Gasteiger partial charge < -0.3 is 9.84 Å². The highest BCUT2D eigenvalue weighted by Gasteiger charge is 1.98. The van der Waals surface area contributed by atoms with E-state index in [9.17, 15) is 4.79 Å². The summed E-state index contributed by atoms with van der Waals surface area (Å²) < 4.78 is 5.65. The molecule has 0 atom stereocenters. The number of unbranched alkanes of at least 4 members (excludes halogenated alkanes) is 4. The Kier molecular flexibility index (Phi) is 8.52. The molecule has 0 aromatic heterocycles. The summed E-state index contributed by atoms with van der Waals surface area (Å²) in [5.74, 6) is 0.187. The first-order valence-electron chi connectivity index (χ1n) is 7.66. The standard InChI is InChI=1S/C17H26O3/c1-2-3-5-8-15-10-12-16(13-11-15)20-14-7-4-6-9-17(18)19/h10-13H,2-9,14H2,1H3,(H,18,19). The SMILES string of the molecule is CCCCCc1ccc(OCCCCCC(=O)O)cc1. The lowest BCUT2D eigenvalue weighted by atomic mass is 10.1. The van der Waals surface area contributed by atoms with Crippen molar-refractivity contribution in [2.75, 3.05) is 6.61 Å². The smallest absolute Gasteiger partial charge is 0.303 e. The molecule has 0 aliphatic carbocycles. The Hall–Kier alpha value is -1.51. The van der Waals surface area contributed by atoms with Gasteiger partial charge in [0.15, 0.2) is 0 Å². The quantitative estimate of drug-likeness (QED) is 0.608. The molecule has 0 bridgehead atoms. The molecule has 0 saturated heterocycles. The number of carboxylic acids is 1. The molecule has 0 saturated carbocycles. The second kappa shape index (κ2) is 10.3. The van der Waals surface area contributed by atoms with E-state index in [1.54, 1.807) is 0 Å². The van der Waals surface area contributed by atoms with E-state index in [2.05, 4.69) is 19.1 Å². The van der Waals surface area contributed by atoms with Crippen molar-refractivity contribution < 1.29 is 14.6 Å². The zero-order valence-corrected chi connectivity index (χ0v) is 12.4. The van der Waals surface area contributed by atoms with Crippen LogP contribution in [0.5, 0.6) is 5.75 Å². The van der Waals surface area contributed by atoms with E-state index in [0.717, 1.165) is 31.4 Å². The van der Waals surface area contributed by atoms with E-state index >= 15 is 0 Å². The van der Waals surface area contributed by atoms with Gasteiger partial charge >= 0.3 is 5.97 Å². The van der Waals surface area contributed by atoms with E-state index in [0.29, 0.717) is 6.61 Å². The molecule has 3 nitrogen and oxygen atoms in total. The van der Waals surface area contributed by atoms with Crippen LogP contribution < -0.4 is 4.74 Å². The van der Waals surface area contributed by atoms with Gasteiger partial charge in [0.05, 0.1) is 6.61 Å². The molecule has 0 aliphatic rings. The van der Waals surface area contributed by atoms with E-state index in [4.69, 9.17) is 9.84 Å². The lowest BCUT2D eigenvalue weighted by Crippen LogP contribution is -1.99. The van der Waals surface area contributed by atoms with Crippen LogP contribution in [0.2, 0.25) is 0 Å². The average molecular weight is 278 g/mol.